The normalized spacial score (nSPS) is 3.38. The van der Waals surface area contributed by atoms with Gasteiger partial charge in [-0.3, -0.25) is 0 Å². The van der Waals surface area contributed by atoms with Gasteiger partial charge in [-0.05, 0) is 0 Å². The second kappa shape index (κ2) is 97.3. The zero-order valence-electron chi connectivity index (χ0n) is 7.25. The summed E-state index contributed by atoms with van der Waals surface area (Å²) < 4.78 is 8.34. The molecule has 0 saturated carbocycles. The summed E-state index contributed by atoms with van der Waals surface area (Å²) in [6, 6.07) is 0. The second-order valence-corrected chi connectivity index (χ2v) is 0.447. The molecule has 0 atom stereocenters. The molecule has 0 unspecified atom stereocenters. The zero-order chi connectivity index (χ0) is 9.15. The predicted molar refractivity (Wildman–Crippen MR) is 43.1 cm³/mol. The zero-order valence-corrected chi connectivity index (χ0v) is 9.71. The first-order valence-corrected chi connectivity index (χ1v) is 2.30. The second-order valence-electron chi connectivity index (χ2n) is 0.447. The number of rotatable bonds is 0. The summed E-state index contributed by atoms with van der Waals surface area (Å²) in [4.78, 5) is 16.5. The van der Waals surface area contributed by atoms with Crippen LogP contribution in [-0.4, -0.2) is 43.0 Å². The third-order valence-corrected chi connectivity index (χ3v) is 0. The molecule has 0 saturated heterocycles. The van der Waals surface area contributed by atoms with Crippen LogP contribution in [0.2, 0.25) is 0 Å². The Morgan fingerprint density at radius 3 is 0.562 bits per heavy atom. The van der Waals surface area contributed by atoms with Crippen LogP contribution >= 0.6 is 0 Å². The SMILES string of the molecule is O.O.O.O.O.O.O=[N+]([O-])[O-].O=[N+]([O-])[O-].[O]=[Zr+2]. The molecule has 0 amide bonds. The first-order valence-electron chi connectivity index (χ1n) is 1.30. The number of hydrogen-bond donors (Lipinski definition) is 0. The summed E-state index contributed by atoms with van der Waals surface area (Å²) in [6.07, 6.45) is 0. The Morgan fingerprint density at radius 1 is 0.562 bits per heavy atom. The van der Waals surface area contributed by atoms with Gasteiger partial charge in [0.25, 0.3) is 0 Å². The van der Waals surface area contributed by atoms with Crippen molar-refractivity contribution < 1.29 is 70.6 Å². The van der Waals surface area contributed by atoms with Crippen LogP contribution in [0.3, 0.4) is 0 Å². The fourth-order valence-electron chi connectivity index (χ4n) is 0. The molecule has 15 nitrogen and oxygen atoms in total. The Balaban J connectivity index is -0.00000000571. The van der Waals surface area contributed by atoms with E-state index in [0.717, 1.165) is 0 Å². The van der Waals surface area contributed by atoms with Crippen molar-refractivity contribution in [2.24, 2.45) is 0 Å². The average Bonchev–Trinajstić information content (AvgIpc) is 1.66. The van der Waals surface area contributed by atoms with Crippen LogP contribution in [0.25, 0.3) is 0 Å². The fraction of sp³-hybridized carbons (Fsp3) is 0. The third-order valence-electron chi connectivity index (χ3n) is 0. The molecule has 0 radical (unpaired) electrons. The summed E-state index contributed by atoms with van der Waals surface area (Å²) in [7, 11) is 0. The molecule has 0 aliphatic heterocycles. The van der Waals surface area contributed by atoms with Crippen LogP contribution in [-0.2, 0) is 27.5 Å². The van der Waals surface area contributed by atoms with E-state index in [1.807, 2.05) is 0 Å². The van der Waals surface area contributed by atoms with E-state index in [2.05, 4.69) is 0 Å². The van der Waals surface area contributed by atoms with E-state index in [0.29, 0.717) is 24.7 Å². The summed E-state index contributed by atoms with van der Waals surface area (Å²) in [5.41, 5.74) is 0. The quantitative estimate of drug-likeness (QED) is 0.303. The summed E-state index contributed by atoms with van der Waals surface area (Å²) in [6.45, 7) is 0. The van der Waals surface area contributed by atoms with Gasteiger partial charge in [0.1, 0.15) is 0 Å². The van der Waals surface area contributed by atoms with Gasteiger partial charge in [0.2, 0.25) is 0 Å². The molecule has 16 heavy (non-hydrogen) atoms. The van der Waals surface area contributed by atoms with Crippen LogP contribution in [0, 0.1) is 30.6 Å². The molecule has 16 heteroatoms. The van der Waals surface area contributed by atoms with E-state index in [1.165, 1.54) is 0 Å². The molecule has 0 heterocycles. The first kappa shape index (κ1) is 83.3. The molecule has 0 bridgehead atoms. The van der Waals surface area contributed by atoms with Gasteiger partial charge in [-0.15, -0.1) is 0 Å². The molecule has 0 aromatic carbocycles. The van der Waals surface area contributed by atoms with Crippen molar-refractivity contribution in [3.05, 3.63) is 30.6 Å². The van der Waals surface area contributed by atoms with E-state index in [4.69, 9.17) is 33.5 Å². The van der Waals surface area contributed by atoms with Crippen molar-refractivity contribution in [1.29, 1.82) is 0 Å². The Hall–Kier alpha value is -1.16. The van der Waals surface area contributed by atoms with Crippen molar-refractivity contribution in [1.82, 2.24) is 0 Å². The van der Waals surface area contributed by atoms with Gasteiger partial charge < -0.3 is 63.5 Å². The Kier molecular flexibility index (Phi) is 507. The molecule has 104 valence electrons. The Labute approximate surface area is 102 Å². The van der Waals surface area contributed by atoms with Gasteiger partial charge in [-0.25, -0.2) is 0 Å². The minimum atomic E-state index is -1.75. The standard InChI is InChI=1S/2NO3.6H2O.O.Zr/c2*2-1(3)4;;;;;;;;/h;;6*1H2;;/q2*-1;;;;;;;;+2. The minimum absolute atomic E-state index is 0. The molecule has 0 aliphatic rings. The van der Waals surface area contributed by atoms with E-state index in [-0.39, 0.29) is 32.9 Å². The summed E-state index contributed by atoms with van der Waals surface area (Å²) in [5.74, 6) is 0. The predicted octanol–water partition coefficient (Wildman–Crippen LogP) is -5.55. The molecule has 0 fully saturated rings. The van der Waals surface area contributed by atoms with Gasteiger partial charge in [0, 0.05) is 0 Å². The molecule has 0 aromatic rings. The molecule has 0 rings (SSSR count). The topological polar surface area (TPSA) is 338 Å². The molecule has 0 aromatic heterocycles. The van der Waals surface area contributed by atoms with E-state index in [9.17, 15) is 0 Å². The van der Waals surface area contributed by atoms with Gasteiger partial charge in [0.05, 0.1) is 10.2 Å². The number of hydrogen-bond acceptors (Lipinski definition) is 7. The van der Waals surface area contributed by atoms with Crippen LogP contribution in [0.1, 0.15) is 0 Å². The number of nitrogens with zero attached hydrogens (tertiary/aromatic N) is 2. The van der Waals surface area contributed by atoms with Crippen molar-refractivity contribution in [2.75, 3.05) is 0 Å². The van der Waals surface area contributed by atoms with E-state index >= 15 is 0 Å². The first-order chi connectivity index (χ1) is 4.46. The summed E-state index contributed by atoms with van der Waals surface area (Å²) in [5, 5.41) is 29.5. The van der Waals surface area contributed by atoms with Crippen molar-refractivity contribution in [3.8, 4) is 0 Å². The van der Waals surface area contributed by atoms with Gasteiger partial charge >= 0.3 is 27.5 Å². The van der Waals surface area contributed by atoms with Crippen LogP contribution in [0.4, 0.5) is 0 Å². The maximum atomic E-state index is 8.34. The Morgan fingerprint density at radius 2 is 0.562 bits per heavy atom. The van der Waals surface area contributed by atoms with Gasteiger partial charge in [-0.1, -0.05) is 0 Å². The van der Waals surface area contributed by atoms with Crippen molar-refractivity contribution >= 4 is 0 Å². The van der Waals surface area contributed by atoms with Crippen LogP contribution in [0.5, 0.6) is 0 Å². The van der Waals surface area contributed by atoms with Crippen molar-refractivity contribution in [3.63, 3.8) is 0 Å². The maximum absolute atomic E-state index is 8.34. The van der Waals surface area contributed by atoms with Gasteiger partial charge in [-0.2, -0.15) is 0 Å². The van der Waals surface area contributed by atoms with Crippen LogP contribution in [0.15, 0.2) is 0 Å². The van der Waals surface area contributed by atoms with E-state index in [1.54, 1.807) is 0 Å². The molecular formula is H12N2O13Zr. The Bertz CT molecular complexity index is 82.1. The van der Waals surface area contributed by atoms with Crippen LogP contribution < -0.4 is 0 Å². The average molecular weight is 339 g/mol. The molecular weight excluding hydrogens is 327 g/mol. The monoisotopic (exact) mass is 338 g/mol. The molecule has 0 spiro atoms. The van der Waals surface area contributed by atoms with E-state index < -0.39 is 10.2 Å². The fourth-order valence-corrected chi connectivity index (χ4v) is 0. The molecule has 12 N–H and O–H groups in total. The van der Waals surface area contributed by atoms with Crippen molar-refractivity contribution in [2.45, 2.75) is 0 Å². The third kappa shape index (κ3) is 1350. The molecule has 0 aliphatic carbocycles. The van der Waals surface area contributed by atoms with Gasteiger partial charge in [0.15, 0.2) is 0 Å². The summed E-state index contributed by atoms with van der Waals surface area (Å²) >= 11 is 0.300.